The first-order valence-electron chi connectivity index (χ1n) is 6.79. The van der Waals surface area contributed by atoms with Gasteiger partial charge in [0.05, 0.1) is 11.7 Å². The van der Waals surface area contributed by atoms with Crippen LogP contribution in [-0.4, -0.2) is 38.7 Å². The van der Waals surface area contributed by atoms with Crippen molar-refractivity contribution < 1.29 is 15.0 Å². The van der Waals surface area contributed by atoms with Crippen LogP contribution in [0.3, 0.4) is 0 Å². The van der Waals surface area contributed by atoms with E-state index in [1.165, 1.54) is 12.3 Å². The van der Waals surface area contributed by atoms with Crippen molar-refractivity contribution in [2.24, 2.45) is 5.92 Å². The van der Waals surface area contributed by atoms with Gasteiger partial charge in [0.25, 0.3) is 0 Å². The Kier molecular flexibility index (Phi) is 3.31. The zero-order valence-electron chi connectivity index (χ0n) is 11.0. The van der Waals surface area contributed by atoms with Crippen molar-refractivity contribution in [3.8, 4) is 5.75 Å². The Hall–Kier alpha value is -2.08. The van der Waals surface area contributed by atoms with Gasteiger partial charge in [0.1, 0.15) is 11.6 Å². The van der Waals surface area contributed by atoms with E-state index in [2.05, 4.69) is 10.3 Å². The van der Waals surface area contributed by atoms with Gasteiger partial charge in [0.15, 0.2) is 5.69 Å². The molecule has 1 unspecified atom stereocenters. The van der Waals surface area contributed by atoms with E-state index in [4.69, 9.17) is 0 Å². The molecule has 1 atom stereocenters. The number of nitrogens with zero attached hydrogens (tertiary/aromatic N) is 2. The summed E-state index contributed by atoms with van der Waals surface area (Å²) in [6.07, 6.45) is 4.49. The maximum absolute atomic E-state index is 11.3. The summed E-state index contributed by atoms with van der Waals surface area (Å²) in [5.74, 6) is 0.219. The first-order valence-corrected chi connectivity index (χ1v) is 6.79. The molecule has 20 heavy (non-hydrogen) atoms. The number of carbonyl (C=O) groups is 1. The summed E-state index contributed by atoms with van der Waals surface area (Å²) >= 11 is 0. The fourth-order valence-corrected chi connectivity index (χ4v) is 2.79. The van der Waals surface area contributed by atoms with Crippen molar-refractivity contribution in [3.05, 3.63) is 29.8 Å². The van der Waals surface area contributed by atoms with Crippen molar-refractivity contribution in [2.75, 3.05) is 13.1 Å². The normalized spacial score (nSPS) is 19.3. The van der Waals surface area contributed by atoms with E-state index >= 15 is 0 Å². The van der Waals surface area contributed by atoms with Gasteiger partial charge in [0, 0.05) is 6.42 Å². The first-order chi connectivity index (χ1) is 9.65. The van der Waals surface area contributed by atoms with Crippen molar-refractivity contribution >= 4 is 11.5 Å². The highest BCUT2D eigenvalue weighted by Gasteiger charge is 2.21. The number of pyridine rings is 1. The highest BCUT2D eigenvalue weighted by Crippen LogP contribution is 2.22. The quantitative estimate of drug-likeness (QED) is 0.785. The van der Waals surface area contributed by atoms with Crippen LogP contribution in [0.2, 0.25) is 0 Å². The van der Waals surface area contributed by atoms with Gasteiger partial charge in [-0.1, -0.05) is 0 Å². The molecule has 0 radical (unpaired) electrons. The molecule has 0 spiro atoms. The highest BCUT2D eigenvalue weighted by atomic mass is 16.4. The number of piperidine rings is 1. The summed E-state index contributed by atoms with van der Waals surface area (Å²) in [5.41, 5.74) is 0.567. The van der Waals surface area contributed by atoms with Crippen LogP contribution in [0.25, 0.3) is 5.52 Å². The predicted octanol–water partition coefficient (Wildman–Crippen LogP) is 1.28. The Bertz CT molecular complexity index is 644. The first kappa shape index (κ1) is 12.9. The third kappa shape index (κ3) is 2.34. The zero-order chi connectivity index (χ0) is 14.1. The summed E-state index contributed by atoms with van der Waals surface area (Å²) in [6.45, 7) is 1.97. The number of aromatic hydroxyl groups is 1. The van der Waals surface area contributed by atoms with Crippen LogP contribution < -0.4 is 5.32 Å². The maximum Gasteiger partial charge on any atom is 0.356 e. The third-order valence-electron chi connectivity index (χ3n) is 3.77. The van der Waals surface area contributed by atoms with Crippen LogP contribution in [0.5, 0.6) is 5.75 Å². The number of fused-ring (bicyclic) bond motifs is 1. The predicted molar refractivity (Wildman–Crippen MR) is 73.1 cm³/mol. The monoisotopic (exact) mass is 275 g/mol. The number of imidazole rings is 1. The van der Waals surface area contributed by atoms with Gasteiger partial charge < -0.3 is 15.5 Å². The molecule has 1 saturated heterocycles. The van der Waals surface area contributed by atoms with E-state index in [0.717, 1.165) is 25.9 Å². The molecular weight excluding hydrogens is 258 g/mol. The molecule has 6 nitrogen and oxygen atoms in total. The molecule has 2 aromatic rings. The van der Waals surface area contributed by atoms with E-state index in [0.29, 0.717) is 23.7 Å². The zero-order valence-corrected chi connectivity index (χ0v) is 11.0. The minimum atomic E-state index is -1.04. The number of carboxylic acids is 1. The molecule has 1 aliphatic heterocycles. The van der Waals surface area contributed by atoms with Crippen LogP contribution >= 0.6 is 0 Å². The smallest absolute Gasteiger partial charge is 0.356 e. The van der Waals surface area contributed by atoms with Crippen molar-refractivity contribution in [2.45, 2.75) is 19.3 Å². The summed E-state index contributed by atoms with van der Waals surface area (Å²) < 4.78 is 1.69. The molecule has 106 valence electrons. The van der Waals surface area contributed by atoms with Crippen LogP contribution in [0, 0.1) is 5.92 Å². The summed E-state index contributed by atoms with van der Waals surface area (Å²) in [6, 6.07) is 3.07. The molecule has 0 amide bonds. The van der Waals surface area contributed by atoms with Gasteiger partial charge in [-0.15, -0.1) is 0 Å². The number of hydrogen-bond donors (Lipinski definition) is 3. The Morgan fingerprint density at radius 1 is 1.50 bits per heavy atom. The highest BCUT2D eigenvalue weighted by molar-refractivity contribution is 5.93. The second-order valence-corrected chi connectivity index (χ2v) is 5.24. The largest absolute Gasteiger partial charge is 0.506 e. The third-order valence-corrected chi connectivity index (χ3v) is 3.77. The van der Waals surface area contributed by atoms with Crippen LogP contribution in [0.1, 0.15) is 29.2 Å². The maximum atomic E-state index is 11.3. The van der Waals surface area contributed by atoms with E-state index in [9.17, 15) is 15.0 Å². The van der Waals surface area contributed by atoms with Crippen LogP contribution in [-0.2, 0) is 6.42 Å². The van der Waals surface area contributed by atoms with Crippen LogP contribution in [0.15, 0.2) is 18.3 Å². The minimum Gasteiger partial charge on any atom is -0.506 e. The van der Waals surface area contributed by atoms with Gasteiger partial charge in [-0.3, -0.25) is 4.40 Å². The molecule has 1 fully saturated rings. The molecule has 6 heteroatoms. The molecule has 0 saturated carbocycles. The summed E-state index contributed by atoms with van der Waals surface area (Å²) in [7, 11) is 0. The lowest BCUT2D eigenvalue weighted by Crippen LogP contribution is -2.31. The average Bonchev–Trinajstić information content (AvgIpc) is 2.78. The van der Waals surface area contributed by atoms with E-state index in [1.807, 2.05) is 0 Å². The molecule has 0 aromatic carbocycles. The van der Waals surface area contributed by atoms with Gasteiger partial charge in [0.2, 0.25) is 0 Å². The Morgan fingerprint density at radius 2 is 2.35 bits per heavy atom. The minimum absolute atomic E-state index is 0.0452. The SMILES string of the molecule is O=C(O)c1nc(CC2CCCNC2)n2cc(O)ccc12. The average molecular weight is 275 g/mol. The van der Waals surface area contributed by atoms with Crippen LogP contribution in [0.4, 0.5) is 0 Å². The topological polar surface area (TPSA) is 86.9 Å². The Labute approximate surface area is 116 Å². The summed E-state index contributed by atoms with van der Waals surface area (Å²) in [5, 5.41) is 22.2. The second kappa shape index (κ2) is 5.13. The molecule has 3 rings (SSSR count). The van der Waals surface area contributed by atoms with Crippen molar-refractivity contribution in [1.82, 2.24) is 14.7 Å². The Balaban J connectivity index is 2.00. The van der Waals surface area contributed by atoms with Gasteiger partial charge >= 0.3 is 5.97 Å². The number of aromatic nitrogens is 2. The standard InChI is InChI=1S/C14H17N3O3/c18-10-3-4-11-13(14(19)20)16-12(17(11)8-10)6-9-2-1-5-15-7-9/h3-4,8-9,15,18H,1-2,5-7H2,(H,19,20). The fraction of sp³-hybridized carbons (Fsp3) is 0.429. The molecule has 0 aliphatic carbocycles. The number of hydrogen-bond acceptors (Lipinski definition) is 4. The van der Waals surface area contributed by atoms with Crippen molar-refractivity contribution in [3.63, 3.8) is 0 Å². The fourth-order valence-electron chi connectivity index (χ4n) is 2.79. The molecule has 3 N–H and O–H groups in total. The lowest BCUT2D eigenvalue weighted by molar-refractivity contribution is 0.0693. The molecule has 1 aliphatic rings. The number of carboxylic acid groups (broad SMARTS) is 1. The molecule has 3 heterocycles. The van der Waals surface area contributed by atoms with Gasteiger partial charge in [-0.2, -0.15) is 0 Å². The Morgan fingerprint density at radius 3 is 3.05 bits per heavy atom. The lowest BCUT2D eigenvalue weighted by Gasteiger charge is -2.21. The number of aromatic carboxylic acids is 1. The van der Waals surface area contributed by atoms with Gasteiger partial charge in [-0.05, 0) is 44.0 Å². The second-order valence-electron chi connectivity index (χ2n) is 5.24. The lowest BCUT2D eigenvalue weighted by atomic mass is 9.96. The number of rotatable bonds is 3. The summed E-state index contributed by atoms with van der Waals surface area (Å²) in [4.78, 5) is 15.5. The van der Waals surface area contributed by atoms with E-state index in [1.54, 1.807) is 10.5 Å². The van der Waals surface area contributed by atoms with Gasteiger partial charge in [-0.25, -0.2) is 9.78 Å². The molecule has 0 bridgehead atoms. The molecule has 2 aromatic heterocycles. The van der Waals surface area contributed by atoms with E-state index in [-0.39, 0.29) is 11.4 Å². The number of nitrogens with one attached hydrogen (secondary N) is 1. The van der Waals surface area contributed by atoms with Crippen molar-refractivity contribution in [1.29, 1.82) is 0 Å². The molecular formula is C14H17N3O3. The van der Waals surface area contributed by atoms with E-state index < -0.39 is 5.97 Å².